The van der Waals surface area contributed by atoms with Crippen LogP contribution < -0.4 is 0 Å². The Morgan fingerprint density at radius 2 is 2.13 bits per heavy atom. The summed E-state index contributed by atoms with van der Waals surface area (Å²) in [7, 11) is 0. The summed E-state index contributed by atoms with van der Waals surface area (Å²) >= 11 is 1.39. The number of amides is 1. The molecule has 23 heavy (non-hydrogen) atoms. The molecule has 1 aromatic heterocycles. The van der Waals surface area contributed by atoms with Crippen LogP contribution in [0.2, 0.25) is 0 Å². The molecule has 0 atom stereocenters. The molecule has 8 heteroatoms. The minimum absolute atomic E-state index is 0.00488. The van der Waals surface area contributed by atoms with Gasteiger partial charge < -0.3 is 0 Å². The number of hydrogen-bond acceptors (Lipinski definition) is 6. The van der Waals surface area contributed by atoms with Crippen molar-refractivity contribution >= 4 is 23.5 Å². The Morgan fingerprint density at radius 3 is 2.78 bits per heavy atom. The molecule has 0 aliphatic carbocycles. The van der Waals surface area contributed by atoms with E-state index in [0.717, 1.165) is 19.4 Å². The van der Waals surface area contributed by atoms with E-state index in [1.54, 1.807) is 15.7 Å². The smallest absolute Gasteiger partial charge is 0.238 e. The van der Waals surface area contributed by atoms with Crippen LogP contribution in [0.25, 0.3) is 0 Å². The maximum atomic E-state index is 12.2. The first-order valence-electron chi connectivity index (χ1n) is 7.77. The predicted molar refractivity (Wildman–Crippen MR) is 88.3 cm³/mol. The fourth-order valence-corrected chi connectivity index (χ4v) is 2.93. The van der Waals surface area contributed by atoms with E-state index in [-0.39, 0.29) is 11.7 Å². The van der Waals surface area contributed by atoms with Gasteiger partial charge in [-0.1, -0.05) is 45.9 Å². The van der Waals surface area contributed by atoms with Gasteiger partial charge in [-0.2, -0.15) is 0 Å². The summed E-state index contributed by atoms with van der Waals surface area (Å²) in [4.78, 5) is 26.0. The van der Waals surface area contributed by atoms with Crippen LogP contribution in [-0.4, -0.2) is 42.6 Å². The monoisotopic (exact) mass is 337 g/mol. The Bertz CT molecular complexity index is 618. The van der Waals surface area contributed by atoms with E-state index in [4.69, 9.17) is 0 Å². The Hall–Kier alpha value is -1.70. The second-order valence-corrected chi connectivity index (χ2v) is 7.53. The van der Waals surface area contributed by atoms with E-state index in [1.807, 2.05) is 20.8 Å². The molecule has 1 aliphatic heterocycles. The fourth-order valence-electron chi connectivity index (χ4n) is 1.99. The molecule has 0 aromatic carbocycles. The molecule has 2 rings (SSSR count). The second-order valence-electron chi connectivity index (χ2n) is 6.54. The van der Waals surface area contributed by atoms with Crippen molar-refractivity contribution < 1.29 is 9.59 Å². The van der Waals surface area contributed by atoms with Gasteiger partial charge in [0.2, 0.25) is 5.91 Å². The first-order chi connectivity index (χ1) is 10.8. The van der Waals surface area contributed by atoms with Crippen molar-refractivity contribution in [3.05, 3.63) is 16.9 Å². The number of hydrogen-bond donors (Lipinski definition) is 0. The maximum Gasteiger partial charge on any atom is 0.238 e. The number of rotatable bonds is 6. The maximum absolute atomic E-state index is 12.2. The first kappa shape index (κ1) is 17.7. The minimum atomic E-state index is -0.465. The van der Waals surface area contributed by atoms with Crippen LogP contribution >= 0.6 is 11.8 Å². The summed E-state index contributed by atoms with van der Waals surface area (Å²) < 4.78 is 1.73. The van der Waals surface area contributed by atoms with Gasteiger partial charge in [0.25, 0.3) is 0 Å². The lowest BCUT2D eigenvalue weighted by Gasteiger charge is -2.19. The summed E-state index contributed by atoms with van der Waals surface area (Å²) in [5, 5.41) is 12.4. The number of ketones is 1. The normalized spacial score (nSPS) is 17.3. The molecule has 0 bridgehead atoms. The zero-order valence-electron chi connectivity index (χ0n) is 14.1. The van der Waals surface area contributed by atoms with Crippen LogP contribution in [0.3, 0.4) is 0 Å². The summed E-state index contributed by atoms with van der Waals surface area (Å²) in [5.41, 5.74) is -0.465. The number of nitrogens with zero attached hydrogens (tertiary/aromatic N) is 5. The summed E-state index contributed by atoms with van der Waals surface area (Å²) in [6, 6.07) is 0. The molecule has 0 unspecified atom stereocenters. The number of carbonyl (C=O) groups excluding carboxylic acids is 2. The van der Waals surface area contributed by atoms with Gasteiger partial charge in [-0.3, -0.25) is 14.5 Å². The Morgan fingerprint density at radius 1 is 1.39 bits per heavy atom. The van der Waals surface area contributed by atoms with E-state index < -0.39 is 5.41 Å². The van der Waals surface area contributed by atoms with Crippen LogP contribution in [-0.2, 0) is 22.7 Å². The summed E-state index contributed by atoms with van der Waals surface area (Å²) in [6.07, 6.45) is 3.59. The Kier molecular flexibility index (Phi) is 5.56. The quantitative estimate of drug-likeness (QED) is 0.739. The van der Waals surface area contributed by atoms with Gasteiger partial charge in [-0.05, 0) is 16.8 Å². The Balaban J connectivity index is 2.16. The molecule has 0 radical (unpaired) electrons. The van der Waals surface area contributed by atoms with E-state index in [1.165, 1.54) is 11.8 Å². The van der Waals surface area contributed by atoms with Crippen LogP contribution in [0.1, 0.15) is 46.4 Å². The molecule has 1 aromatic rings. The lowest BCUT2D eigenvalue weighted by molar-refractivity contribution is -0.126. The predicted octanol–water partition coefficient (Wildman–Crippen LogP) is 2.01. The van der Waals surface area contributed by atoms with Crippen molar-refractivity contribution in [3.8, 4) is 0 Å². The van der Waals surface area contributed by atoms with Crippen molar-refractivity contribution in [2.45, 2.75) is 53.6 Å². The molecule has 1 saturated heterocycles. The number of aromatic nitrogens is 4. The van der Waals surface area contributed by atoms with E-state index in [0.29, 0.717) is 23.2 Å². The number of aryl methyl sites for hydroxylation is 1. The Labute approximate surface area is 140 Å². The standard InChI is InChI=1S/C15H23N5O2S/c1-5-6-7-20-12(16-17-18-20)9-19-13(22)10-23-14(19)8-11(21)15(2,3)4/h8H,5-7,9-10H2,1-4H3/b14-8+. The van der Waals surface area contributed by atoms with E-state index in [9.17, 15) is 9.59 Å². The van der Waals surface area contributed by atoms with Gasteiger partial charge in [0.15, 0.2) is 11.6 Å². The highest BCUT2D eigenvalue weighted by molar-refractivity contribution is 8.04. The molecule has 126 valence electrons. The number of allylic oxidation sites excluding steroid dienone is 1. The van der Waals surface area contributed by atoms with Gasteiger partial charge in [-0.25, -0.2) is 4.68 Å². The molecular weight excluding hydrogens is 314 g/mol. The molecule has 2 heterocycles. The molecule has 1 aliphatic rings. The topological polar surface area (TPSA) is 81.0 Å². The van der Waals surface area contributed by atoms with Crippen LogP contribution in [0.5, 0.6) is 0 Å². The molecular formula is C15H23N5O2S. The van der Waals surface area contributed by atoms with Gasteiger partial charge in [0.1, 0.15) is 0 Å². The number of tetrazole rings is 1. The molecule has 0 spiro atoms. The highest BCUT2D eigenvalue weighted by Gasteiger charge is 2.30. The van der Waals surface area contributed by atoms with Crippen molar-refractivity contribution in [1.82, 2.24) is 25.1 Å². The minimum Gasteiger partial charge on any atom is -0.298 e. The van der Waals surface area contributed by atoms with E-state index >= 15 is 0 Å². The average Bonchev–Trinajstić information content (AvgIpc) is 3.05. The molecule has 0 N–H and O–H groups in total. The lowest BCUT2D eigenvalue weighted by atomic mass is 9.91. The number of carbonyl (C=O) groups is 2. The SMILES string of the molecule is CCCCn1nnnc1CN1C(=O)CS/C1=C/C(=O)C(C)(C)C. The first-order valence-corrected chi connectivity index (χ1v) is 8.76. The fraction of sp³-hybridized carbons (Fsp3) is 0.667. The zero-order valence-corrected chi connectivity index (χ0v) is 14.9. The van der Waals surface area contributed by atoms with Gasteiger partial charge in [0, 0.05) is 18.0 Å². The molecule has 1 fully saturated rings. The largest absolute Gasteiger partial charge is 0.298 e. The van der Waals surface area contributed by atoms with E-state index in [2.05, 4.69) is 22.4 Å². The van der Waals surface area contributed by atoms with Crippen LogP contribution in [0, 0.1) is 5.41 Å². The molecule has 7 nitrogen and oxygen atoms in total. The van der Waals surface area contributed by atoms with Gasteiger partial charge in [-0.15, -0.1) is 5.10 Å². The van der Waals surface area contributed by atoms with Crippen LogP contribution in [0.15, 0.2) is 11.1 Å². The second kappa shape index (κ2) is 7.25. The summed E-state index contributed by atoms with van der Waals surface area (Å²) in [5.74, 6) is 0.974. The third kappa shape index (κ3) is 4.40. The third-order valence-corrected chi connectivity index (χ3v) is 4.56. The molecule has 1 amide bonds. The summed E-state index contributed by atoms with van der Waals surface area (Å²) in [6.45, 7) is 8.72. The average molecular weight is 337 g/mol. The van der Waals surface area contributed by atoms with Crippen molar-refractivity contribution in [2.75, 3.05) is 5.75 Å². The van der Waals surface area contributed by atoms with Crippen molar-refractivity contribution in [2.24, 2.45) is 5.41 Å². The number of unbranched alkanes of at least 4 members (excludes halogenated alkanes) is 1. The zero-order chi connectivity index (χ0) is 17.0. The van der Waals surface area contributed by atoms with Crippen molar-refractivity contribution in [1.29, 1.82) is 0 Å². The number of thioether (sulfide) groups is 1. The third-order valence-electron chi connectivity index (χ3n) is 3.53. The van der Waals surface area contributed by atoms with Crippen LogP contribution in [0.4, 0.5) is 0 Å². The highest BCUT2D eigenvalue weighted by Crippen LogP contribution is 2.31. The van der Waals surface area contributed by atoms with Gasteiger partial charge >= 0.3 is 0 Å². The lowest BCUT2D eigenvalue weighted by Crippen LogP contribution is -2.27. The van der Waals surface area contributed by atoms with Gasteiger partial charge in [0.05, 0.1) is 17.3 Å². The molecule has 0 saturated carbocycles. The highest BCUT2D eigenvalue weighted by atomic mass is 32.2. The van der Waals surface area contributed by atoms with Crippen molar-refractivity contribution in [3.63, 3.8) is 0 Å².